The zero-order chi connectivity index (χ0) is 37.2. The minimum Gasteiger partial charge on any atom is -0.493 e. The van der Waals surface area contributed by atoms with Gasteiger partial charge in [-0.05, 0) is 104 Å². The number of hydrogen-bond donors (Lipinski definition) is 3. The summed E-state index contributed by atoms with van der Waals surface area (Å²) in [4.78, 5) is 40.2. The molecule has 11 heteroatoms. The monoisotopic (exact) mass is 717 g/mol. The van der Waals surface area contributed by atoms with Crippen LogP contribution in [-0.4, -0.2) is 65.1 Å². The van der Waals surface area contributed by atoms with Crippen LogP contribution in [0.3, 0.4) is 0 Å². The van der Waals surface area contributed by atoms with E-state index in [0.717, 1.165) is 45.7 Å². The maximum Gasteiger partial charge on any atom is 0.416 e. The Morgan fingerprint density at radius 3 is 2.42 bits per heavy atom. The average molecular weight is 718 g/mol. The van der Waals surface area contributed by atoms with Gasteiger partial charge in [-0.15, -0.1) is 0 Å². The number of fused-ring (bicyclic) bond motifs is 2. The molecule has 0 aromatic heterocycles. The Labute approximate surface area is 302 Å². The summed E-state index contributed by atoms with van der Waals surface area (Å²) in [7, 11) is 0. The van der Waals surface area contributed by atoms with Crippen molar-refractivity contribution in [2.24, 2.45) is 0 Å². The van der Waals surface area contributed by atoms with Gasteiger partial charge in [-0.3, -0.25) is 14.4 Å². The topological polar surface area (TPSA) is 108 Å². The van der Waals surface area contributed by atoms with Crippen molar-refractivity contribution in [3.05, 3.63) is 105 Å². The SMILES string of the molecule is Cc1cc(C)c(C)c(OCCc2ccc(C3=C(C(=O)NC4(Cc5cccc(C(F)(F)F)c5)CC4)[C@H]4CN(C(=O)CCCC(=O)O)C[C@@H](C3)N4)cc2)c1. The Morgan fingerprint density at radius 2 is 1.73 bits per heavy atom. The fourth-order valence-corrected chi connectivity index (χ4v) is 7.49. The molecule has 3 aromatic rings. The first-order valence-corrected chi connectivity index (χ1v) is 18.0. The van der Waals surface area contributed by atoms with E-state index in [1.165, 1.54) is 11.6 Å². The van der Waals surface area contributed by atoms with Gasteiger partial charge in [0.05, 0.1) is 18.2 Å². The number of rotatable bonds is 13. The number of aliphatic carboxylic acids is 1. The average Bonchev–Trinajstić information content (AvgIpc) is 3.84. The van der Waals surface area contributed by atoms with Gasteiger partial charge in [-0.1, -0.05) is 48.5 Å². The smallest absolute Gasteiger partial charge is 0.416 e. The van der Waals surface area contributed by atoms with Crippen LogP contribution in [0.4, 0.5) is 13.2 Å². The molecule has 2 fully saturated rings. The molecule has 3 aromatic carbocycles. The lowest BCUT2D eigenvalue weighted by Crippen LogP contribution is -2.62. The van der Waals surface area contributed by atoms with Crippen LogP contribution in [0.5, 0.6) is 5.75 Å². The highest BCUT2D eigenvalue weighted by Gasteiger charge is 2.47. The van der Waals surface area contributed by atoms with E-state index >= 15 is 0 Å². The summed E-state index contributed by atoms with van der Waals surface area (Å²) in [6.45, 7) is 7.38. The minimum absolute atomic E-state index is 0.0935. The van der Waals surface area contributed by atoms with Crippen LogP contribution in [0.15, 0.2) is 66.2 Å². The first-order valence-electron chi connectivity index (χ1n) is 18.0. The van der Waals surface area contributed by atoms with Crippen LogP contribution in [0, 0.1) is 20.8 Å². The molecule has 0 spiro atoms. The van der Waals surface area contributed by atoms with Crippen molar-refractivity contribution in [3.8, 4) is 5.75 Å². The summed E-state index contributed by atoms with van der Waals surface area (Å²) in [6, 6.07) is 17.0. The van der Waals surface area contributed by atoms with Gasteiger partial charge < -0.3 is 25.4 Å². The predicted octanol–water partition coefficient (Wildman–Crippen LogP) is 6.72. The van der Waals surface area contributed by atoms with Crippen molar-refractivity contribution >= 4 is 23.4 Å². The van der Waals surface area contributed by atoms with Crippen molar-refractivity contribution in [1.29, 1.82) is 0 Å². The zero-order valence-electron chi connectivity index (χ0n) is 29.9. The summed E-state index contributed by atoms with van der Waals surface area (Å²) in [5, 5.41) is 15.8. The van der Waals surface area contributed by atoms with E-state index in [2.05, 4.69) is 43.5 Å². The lowest BCUT2D eigenvalue weighted by molar-refractivity contribution is -0.138. The Bertz CT molecular complexity index is 1870. The summed E-state index contributed by atoms with van der Waals surface area (Å²) in [5.74, 6) is -0.513. The molecule has 0 unspecified atom stereocenters. The highest BCUT2D eigenvalue weighted by atomic mass is 19.4. The Balaban J connectivity index is 1.22. The van der Waals surface area contributed by atoms with Gasteiger partial charge >= 0.3 is 12.1 Å². The largest absolute Gasteiger partial charge is 0.493 e. The van der Waals surface area contributed by atoms with Gasteiger partial charge in [0.15, 0.2) is 0 Å². The number of halogens is 3. The number of nitrogens with zero attached hydrogens (tertiary/aromatic N) is 1. The van der Waals surface area contributed by atoms with E-state index in [0.29, 0.717) is 50.0 Å². The Kier molecular flexibility index (Phi) is 10.8. The van der Waals surface area contributed by atoms with Gasteiger partial charge in [0.1, 0.15) is 5.75 Å². The third kappa shape index (κ3) is 8.86. The molecule has 0 radical (unpaired) electrons. The van der Waals surface area contributed by atoms with E-state index in [9.17, 15) is 27.6 Å². The number of ether oxygens (including phenoxy) is 1. The molecule has 8 nitrogen and oxygen atoms in total. The third-order valence-corrected chi connectivity index (χ3v) is 10.5. The number of nitrogens with one attached hydrogen (secondary N) is 2. The van der Waals surface area contributed by atoms with Gasteiger partial charge in [0.25, 0.3) is 0 Å². The van der Waals surface area contributed by atoms with Gasteiger partial charge in [-0.25, -0.2) is 0 Å². The molecule has 276 valence electrons. The van der Waals surface area contributed by atoms with Crippen LogP contribution in [-0.2, 0) is 33.4 Å². The second-order valence-electron chi connectivity index (χ2n) is 14.7. The number of aryl methyl sites for hydroxylation is 2. The number of piperazine rings is 1. The molecule has 1 saturated heterocycles. The molecular weight excluding hydrogens is 671 g/mol. The highest BCUT2D eigenvalue weighted by molar-refractivity contribution is 6.03. The van der Waals surface area contributed by atoms with Crippen LogP contribution < -0.4 is 15.4 Å². The van der Waals surface area contributed by atoms with E-state index in [1.54, 1.807) is 11.0 Å². The highest BCUT2D eigenvalue weighted by Crippen LogP contribution is 2.41. The molecule has 2 aliphatic heterocycles. The van der Waals surface area contributed by atoms with Crippen LogP contribution in [0.1, 0.15) is 77.5 Å². The summed E-state index contributed by atoms with van der Waals surface area (Å²) in [6.07, 6.45) is -1.45. The number of hydrogen-bond acceptors (Lipinski definition) is 5. The van der Waals surface area contributed by atoms with Crippen molar-refractivity contribution < 1.29 is 37.4 Å². The minimum atomic E-state index is -4.46. The lowest BCUT2D eigenvalue weighted by atomic mass is 9.82. The van der Waals surface area contributed by atoms with Crippen molar-refractivity contribution in [2.45, 2.75) is 95.9 Å². The number of carboxylic acid groups (broad SMARTS) is 1. The fraction of sp³-hybridized carbons (Fsp3) is 0.439. The van der Waals surface area contributed by atoms with Crippen molar-refractivity contribution in [3.63, 3.8) is 0 Å². The van der Waals surface area contributed by atoms with E-state index < -0.39 is 29.3 Å². The first-order chi connectivity index (χ1) is 24.7. The third-order valence-electron chi connectivity index (χ3n) is 10.5. The quantitative estimate of drug-likeness (QED) is 0.181. The Hall–Kier alpha value is -4.64. The van der Waals surface area contributed by atoms with Crippen molar-refractivity contribution in [2.75, 3.05) is 19.7 Å². The number of carbonyl (C=O) groups is 3. The first kappa shape index (κ1) is 37.1. The number of amides is 2. The van der Waals surface area contributed by atoms with Crippen LogP contribution >= 0.6 is 0 Å². The van der Waals surface area contributed by atoms with Crippen LogP contribution in [0.2, 0.25) is 0 Å². The maximum atomic E-state index is 14.3. The van der Waals surface area contributed by atoms with Crippen LogP contribution in [0.25, 0.3) is 5.57 Å². The molecule has 1 aliphatic carbocycles. The standard InChI is InChI=1S/C41H46F3N3O5/c1-25-18-26(2)27(3)35(19-25)52-17-14-28-10-12-30(13-11-28)33-21-32-23-47(36(48)8-5-9-37(49)50)24-34(45-32)38(33)39(51)46-40(15-16-40)22-29-6-4-7-31(20-29)41(42,43)44/h4,6-7,10-13,18-20,32,34,45H,5,8-9,14-17,21-24H2,1-3H3,(H,46,51)(H,49,50)/t32-,34-/m1/s1. The zero-order valence-corrected chi connectivity index (χ0v) is 29.9. The molecule has 3 aliphatic rings. The van der Waals surface area contributed by atoms with E-state index in [4.69, 9.17) is 9.84 Å². The van der Waals surface area contributed by atoms with Crippen molar-refractivity contribution in [1.82, 2.24) is 15.5 Å². The molecule has 52 heavy (non-hydrogen) atoms. The summed E-state index contributed by atoms with van der Waals surface area (Å²) >= 11 is 0. The number of carboxylic acids is 1. The van der Waals surface area contributed by atoms with Gasteiger partial charge in [0.2, 0.25) is 11.8 Å². The van der Waals surface area contributed by atoms with Gasteiger partial charge in [-0.2, -0.15) is 13.2 Å². The number of carbonyl (C=O) groups excluding carboxylic acids is 2. The second kappa shape index (κ2) is 15.1. The molecule has 2 bridgehead atoms. The normalized spacial score (nSPS) is 19.3. The molecule has 6 rings (SSSR count). The molecular formula is C41H46F3N3O5. The molecule has 2 amide bonds. The summed E-state index contributed by atoms with van der Waals surface area (Å²) < 4.78 is 46.5. The Morgan fingerprint density at radius 1 is 0.981 bits per heavy atom. The second-order valence-corrected chi connectivity index (χ2v) is 14.7. The number of alkyl halides is 3. The summed E-state index contributed by atoms with van der Waals surface area (Å²) in [5.41, 5.74) is 5.99. The maximum absolute atomic E-state index is 14.3. The van der Waals surface area contributed by atoms with E-state index in [1.807, 2.05) is 24.3 Å². The lowest BCUT2D eigenvalue weighted by Gasteiger charge is -2.44. The molecule has 3 N–H and O–H groups in total. The van der Waals surface area contributed by atoms with Gasteiger partial charge in [0, 0.05) is 49.5 Å². The molecule has 2 heterocycles. The van der Waals surface area contributed by atoms with E-state index in [-0.39, 0.29) is 50.1 Å². The predicted molar refractivity (Wildman–Crippen MR) is 192 cm³/mol. The number of benzene rings is 3. The fourth-order valence-electron chi connectivity index (χ4n) is 7.49. The molecule has 2 atom stereocenters. The molecule has 1 saturated carbocycles.